The maximum absolute atomic E-state index is 5.63. The van der Waals surface area contributed by atoms with Crippen LogP contribution in [0.15, 0.2) is 47.1 Å². The van der Waals surface area contributed by atoms with E-state index in [4.69, 9.17) is 10.2 Å². The normalized spacial score (nSPS) is 16.6. The number of hydrogen-bond donors (Lipinski definition) is 1. The molecule has 1 aromatic heterocycles. The van der Waals surface area contributed by atoms with Crippen LogP contribution in [0.5, 0.6) is 0 Å². The topological polar surface area (TPSA) is 45.6 Å². The standard InChI is InChI=1S/C16H21N3O/c17-12-14-3-5-15(6-4-14)19-9-7-18(8-10-19)13-16-2-1-11-20-16/h1-6,11H,7-10,12-13,17H2. The van der Waals surface area contributed by atoms with Crippen LogP contribution in [0.2, 0.25) is 0 Å². The Morgan fingerprint density at radius 1 is 1.00 bits per heavy atom. The second kappa shape index (κ2) is 6.11. The first kappa shape index (κ1) is 13.2. The quantitative estimate of drug-likeness (QED) is 0.924. The minimum absolute atomic E-state index is 0.608. The van der Waals surface area contributed by atoms with Crippen molar-refractivity contribution in [2.75, 3.05) is 31.1 Å². The molecular weight excluding hydrogens is 250 g/mol. The van der Waals surface area contributed by atoms with Crippen molar-refractivity contribution < 1.29 is 4.42 Å². The number of benzene rings is 1. The molecule has 20 heavy (non-hydrogen) atoms. The Hall–Kier alpha value is -1.78. The highest BCUT2D eigenvalue weighted by atomic mass is 16.3. The number of hydrogen-bond acceptors (Lipinski definition) is 4. The van der Waals surface area contributed by atoms with Crippen molar-refractivity contribution in [3.05, 3.63) is 54.0 Å². The lowest BCUT2D eigenvalue weighted by molar-refractivity contribution is 0.230. The zero-order valence-corrected chi connectivity index (χ0v) is 11.7. The monoisotopic (exact) mass is 271 g/mol. The van der Waals surface area contributed by atoms with Crippen LogP contribution >= 0.6 is 0 Å². The first-order valence-corrected chi connectivity index (χ1v) is 7.14. The summed E-state index contributed by atoms with van der Waals surface area (Å²) in [4.78, 5) is 4.86. The first-order chi connectivity index (χ1) is 9.85. The molecule has 1 aromatic carbocycles. The van der Waals surface area contributed by atoms with Crippen molar-refractivity contribution in [1.82, 2.24) is 4.90 Å². The van der Waals surface area contributed by atoms with Gasteiger partial charge in [-0.1, -0.05) is 12.1 Å². The molecule has 1 fully saturated rings. The van der Waals surface area contributed by atoms with Crippen LogP contribution in [0.3, 0.4) is 0 Å². The van der Waals surface area contributed by atoms with Crippen LogP contribution in [-0.4, -0.2) is 31.1 Å². The van der Waals surface area contributed by atoms with E-state index in [9.17, 15) is 0 Å². The first-order valence-electron chi connectivity index (χ1n) is 7.14. The molecule has 1 saturated heterocycles. The second-order valence-corrected chi connectivity index (χ2v) is 5.21. The molecule has 0 saturated carbocycles. The van der Waals surface area contributed by atoms with E-state index in [0.29, 0.717) is 6.54 Å². The van der Waals surface area contributed by atoms with E-state index in [2.05, 4.69) is 34.1 Å². The van der Waals surface area contributed by atoms with Crippen LogP contribution < -0.4 is 10.6 Å². The Morgan fingerprint density at radius 3 is 2.35 bits per heavy atom. The number of rotatable bonds is 4. The van der Waals surface area contributed by atoms with E-state index in [-0.39, 0.29) is 0 Å². The summed E-state index contributed by atoms with van der Waals surface area (Å²) in [5.74, 6) is 1.05. The summed E-state index contributed by atoms with van der Waals surface area (Å²) in [7, 11) is 0. The third-order valence-corrected chi connectivity index (χ3v) is 3.87. The Kier molecular flexibility index (Phi) is 4.04. The minimum atomic E-state index is 0.608. The van der Waals surface area contributed by atoms with Gasteiger partial charge in [0.2, 0.25) is 0 Å². The summed E-state index contributed by atoms with van der Waals surface area (Å²) < 4.78 is 5.41. The van der Waals surface area contributed by atoms with Gasteiger partial charge in [0, 0.05) is 38.4 Å². The molecule has 4 heteroatoms. The molecule has 2 aromatic rings. The maximum Gasteiger partial charge on any atom is 0.117 e. The van der Waals surface area contributed by atoms with Gasteiger partial charge in [-0.2, -0.15) is 0 Å². The second-order valence-electron chi connectivity index (χ2n) is 5.21. The predicted octanol–water partition coefficient (Wildman–Crippen LogP) is 2.06. The molecule has 0 aliphatic carbocycles. The molecule has 0 unspecified atom stereocenters. The predicted molar refractivity (Wildman–Crippen MR) is 80.5 cm³/mol. The molecule has 2 heterocycles. The Bertz CT molecular complexity index is 513. The Balaban J connectivity index is 1.55. The summed E-state index contributed by atoms with van der Waals surface area (Å²) in [5, 5.41) is 0. The van der Waals surface area contributed by atoms with E-state index in [1.54, 1.807) is 6.26 Å². The highest BCUT2D eigenvalue weighted by Gasteiger charge is 2.17. The van der Waals surface area contributed by atoms with E-state index >= 15 is 0 Å². The molecule has 106 valence electrons. The number of anilines is 1. The van der Waals surface area contributed by atoms with Gasteiger partial charge in [-0.15, -0.1) is 0 Å². The largest absolute Gasteiger partial charge is 0.468 e. The zero-order valence-electron chi connectivity index (χ0n) is 11.7. The third kappa shape index (κ3) is 3.03. The SMILES string of the molecule is NCc1ccc(N2CCN(Cc3ccco3)CC2)cc1. The summed E-state index contributed by atoms with van der Waals surface area (Å²) in [6.07, 6.45) is 1.74. The highest BCUT2D eigenvalue weighted by Crippen LogP contribution is 2.18. The highest BCUT2D eigenvalue weighted by molar-refractivity contribution is 5.48. The molecule has 4 nitrogen and oxygen atoms in total. The molecule has 1 aliphatic heterocycles. The van der Waals surface area contributed by atoms with Gasteiger partial charge in [0.1, 0.15) is 5.76 Å². The van der Waals surface area contributed by atoms with Gasteiger partial charge in [-0.3, -0.25) is 4.90 Å². The number of nitrogens with two attached hydrogens (primary N) is 1. The smallest absolute Gasteiger partial charge is 0.117 e. The molecule has 2 N–H and O–H groups in total. The molecule has 3 rings (SSSR count). The van der Waals surface area contributed by atoms with Crippen LogP contribution in [0.25, 0.3) is 0 Å². The molecule has 0 bridgehead atoms. The van der Waals surface area contributed by atoms with Gasteiger partial charge in [0.05, 0.1) is 12.8 Å². The molecule has 0 radical (unpaired) electrons. The van der Waals surface area contributed by atoms with E-state index in [1.807, 2.05) is 12.1 Å². The number of piperazine rings is 1. The lowest BCUT2D eigenvalue weighted by atomic mass is 10.2. The van der Waals surface area contributed by atoms with Gasteiger partial charge in [-0.05, 0) is 29.8 Å². The van der Waals surface area contributed by atoms with Gasteiger partial charge in [0.25, 0.3) is 0 Å². The summed E-state index contributed by atoms with van der Waals surface area (Å²) in [6.45, 7) is 5.77. The van der Waals surface area contributed by atoms with E-state index in [1.165, 1.54) is 11.3 Å². The average molecular weight is 271 g/mol. The average Bonchev–Trinajstić information content (AvgIpc) is 3.01. The summed E-state index contributed by atoms with van der Waals surface area (Å²) in [5.41, 5.74) is 8.11. The van der Waals surface area contributed by atoms with E-state index in [0.717, 1.165) is 38.5 Å². The van der Waals surface area contributed by atoms with Crippen molar-refractivity contribution in [3.63, 3.8) is 0 Å². The summed E-state index contributed by atoms with van der Waals surface area (Å²) >= 11 is 0. The molecule has 1 aliphatic rings. The molecule has 0 atom stereocenters. The van der Waals surface area contributed by atoms with Crippen LogP contribution in [0.4, 0.5) is 5.69 Å². The van der Waals surface area contributed by atoms with Gasteiger partial charge < -0.3 is 15.1 Å². The van der Waals surface area contributed by atoms with Gasteiger partial charge in [0.15, 0.2) is 0 Å². The Morgan fingerprint density at radius 2 is 1.75 bits per heavy atom. The number of furan rings is 1. The van der Waals surface area contributed by atoms with Crippen LogP contribution in [0.1, 0.15) is 11.3 Å². The van der Waals surface area contributed by atoms with Crippen molar-refractivity contribution in [2.45, 2.75) is 13.1 Å². The van der Waals surface area contributed by atoms with Crippen molar-refractivity contribution in [3.8, 4) is 0 Å². The van der Waals surface area contributed by atoms with Gasteiger partial charge in [-0.25, -0.2) is 0 Å². The third-order valence-electron chi connectivity index (χ3n) is 3.87. The minimum Gasteiger partial charge on any atom is -0.468 e. The lowest BCUT2D eigenvalue weighted by Crippen LogP contribution is -2.45. The van der Waals surface area contributed by atoms with E-state index < -0.39 is 0 Å². The lowest BCUT2D eigenvalue weighted by Gasteiger charge is -2.35. The van der Waals surface area contributed by atoms with Crippen molar-refractivity contribution in [2.24, 2.45) is 5.73 Å². The fraction of sp³-hybridized carbons (Fsp3) is 0.375. The maximum atomic E-state index is 5.63. The number of nitrogens with zero attached hydrogens (tertiary/aromatic N) is 2. The van der Waals surface area contributed by atoms with Crippen LogP contribution in [0, 0.1) is 0 Å². The Labute approximate surface area is 119 Å². The fourth-order valence-electron chi connectivity index (χ4n) is 2.63. The van der Waals surface area contributed by atoms with Crippen molar-refractivity contribution >= 4 is 5.69 Å². The van der Waals surface area contributed by atoms with Crippen molar-refractivity contribution in [1.29, 1.82) is 0 Å². The fourth-order valence-corrected chi connectivity index (χ4v) is 2.63. The van der Waals surface area contributed by atoms with Gasteiger partial charge >= 0.3 is 0 Å². The van der Waals surface area contributed by atoms with Crippen LogP contribution in [-0.2, 0) is 13.1 Å². The zero-order chi connectivity index (χ0) is 13.8. The summed E-state index contributed by atoms with van der Waals surface area (Å²) in [6, 6.07) is 12.6. The molecule has 0 amide bonds. The molecule has 0 spiro atoms. The molecular formula is C16H21N3O.